The number of likely N-dealkylation sites (tertiary alicyclic amines) is 1. The molecule has 2 saturated heterocycles. The Balaban J connectivity index is 1.12. The maximum absolute atomic E-state index is 12.7. The Hall–Kier alpha value is -3.00. The van der Waals surface area contributed by atoms with Crippen LogP contribution in [0.15, 0.2) is 42.5 Å². The first kappa shape index (κ1) is 22.8. The van der Waals surface area contributed by atoms with Crippen molar-refractivity contribution < 1.29 is 4.79 Å². The summed E-state index contributed by atoms with van der Waals surface area (Å²) in [7, 11) is 0. The number of aromatic nitrogens is 4. The fraction of sp³-hybridized carbons (Fsp3) is 0.538. The van der Waals surface area contributed by atoms with Gasteiger partial charge in [0.25, 0.3) is 0 Å². The van der Waals surface area contributed by atoms with Crippen molar-refractivity contribution in [3.05, 3.63) is 42.5 Å². The van der Waals surface area contributed by atoms with Gasteiger partial charge in [-0.1, -0.05) is 37.3 Å². The van der Waals surface area contributed by atoms with Crippen LogP contribution in [-0.2, 0) is 4.79 Å². The van der Waals surface area contributed by atoms with Crippen molar-refractivity contribution >= 4 is 17.4 Å². The molecule has 0 aliphatic carbocycles. The van der Waals surface area contributed by atoms with Gasteiger partial charge in [0.2, 0.25) is 5.91 Å². The second-order valence-corrected chi connectivity index (χ2v) is 9.81. The molecule has 2 fully saturated rings. The van der Waals surface area contributed by atoms with E-state index in [2.05, 4.69) is 32.2 Å². The van der Waals surface area contributed by atoms with Crippen LogP contribution in [0.3, 0.4) is 0 Å². The summed E-state index contributed by atoms with van der Waals surface area (Å²) in [4.78, 5) is 17.5. The summed E-state index contributed by atoms with van der Waals surface area (Å²) < 4.78 is 1.81. The summed E-state index contributed by atoms with van der Waals surface area (Å²) >= 11 is 0. The normalized spacial score (nSPS) is 20.0. The van der Waals surface area contributed by atoms with Crippen LogP contribution in [0.5, 0.6) is 0 Å². The average Bonchev–Trinajstić information content (AvgIpc) is 3.30. The lowest BCUT2D eigenvalue weighted by atomic mass is 9.96. The summed E-state index contributed by atoms with van der Waals surface area (Å²) in [6, 6.07) is 14.0. The quantitative estimate of drug-likeness (QED) is 0.544. The topological polar surface area (TPSA) is 78.7 Å². The second kappa shape index (κ2) is 10.5. The third kappa shape index (κ3) is 5.22. The molecule has 1 amide bonds. The number of hydrogen-bond donors (Lipinski definition) is 1. The van der Waals surface area contributed by atoms with Crippen molar-refractivity contribution in [2.45, 2.75) is 39.0 Å². The molecule has 0 saturated carbocycles. The Morgan fingerprint density at radius 2 is 1.85 bits per heavy atom. The van der Waals surface area contributed by atoms with Crippen LogP contribution in [0.1, 0.15) is 39.0 Å². The van der Waals surface area contributed by atoms with Crippen molar-refractivity contribution in [1.82, 2.24) is 30.0 Å². The number of rotatable bonds is 7. The zero-order chi connectivity index (χ0) is 23.3. The number of amides is 1. The molecule has 8 nitrogen and oxygen atoms in total. The first-order valence-corrected chi connectivity index (χ1v) is 12.7. The largest absolute Gasteiger partial charge is 0.356 e. The number of benzene rings is 1. The minimum atomic E-state index is 0.0878. The third-order valence-corrected chi connectivity index (χ3v) is 7.16. The fourth-order valence-corrected chi connectivity index (χ4v) is 5.23. The molecular weight excluding hydrogens is 426 g/mol. The molecule has 0 spiro atoms. The van der Waals surface area contributed by atoms with Crippen LogP contribution in [0, 0.1) is 11.8 Å². The highest BCUT2D eigenvalue weighted by molar-refractivity contribution is 5.79. The van der Waals surface area contributed by atoms with Gasteiger partial charge in [-0.2, -0.15) is 4.52 Å². The molecule has 34 heavy (non-hydrogen) atoms. The third-order valence-electron chi connectivity index (χ3n) is 7.16. The van der Waals surface area contributed by atoms with Gasteiger partial charge in [-0.3, -0.25) is 4.79 Å². The number of anilines is 1. The van der Waals surface area contributed by atoms with Gasteiger partial charge < -0.3 is 15.1 Å². The Morgan fingerprint density at radius 1 is 1.03 bits per heavy atom. The standard InChI is InChI=1S/C26H35N7O/c1-20-7-5-15-31(19-20)16-6-14-27-26(34)22-12-17-32(18-13-22)24-11-10-23-28-29-25(33(23)30-24)21-8-3-2-4-9-21/h2-4,8-11,20,22H,5-7,12-19H2,1H3,(H,27,34)/t20-/m1/s1. The Bertz CT molecular complexity index is 1090. The summed E-state index contributed by atoms with van der Waals surface area (Å²) in [6.45, 7) is 8.26. The van der Waals surface area contributed by atoms with E-state index in [-0.39, 0.29) is 11.8 Å². The molecule has 4 heterocycles. The van der Waals surface area contributed by atoms with E-state index in [4.69, 9.17) is 5.10 Å². The van der Waals surface area contributed by atoms with Crippen molar-refractivity contribution in [3.63, 3.8) is 0 Å². The van der Waals surface area contributed by atoms with E-state index in [1.807, 2.05) is 47.0 Å². The molecule has 180 valence electrons. The van der Waals surface area contributed by atoms with Crippen LogP contribution in [0.4, 0.5) is 5.82 Å². The molecule has 3 aromatic rings. The Kier molecular flexibility index (Phi) is 7.04. The van der Waals surface area contributed by atoms with Crippen LogP contribution in [0.25, 0.3) is 17.0 Å². The maximum atomic E-state index is 12.7. The predicted octanol–water partition coefficient (Wildman–Crippen LogP) is 3.25. The summed E-state index contributed by atoms with van der Waals surface area (Å²) in [5, 5.41) is 16.6. The van der Waals surface area contributed by atoms with Gasteiger partial charge in [0.1, 0.15) is 5.82 Å². The molecule has 2 aliphatic rings. The molecular formula is C26H35N7O. The van der Waals surface area contributed by atoms with Crippen molar-refractivity contribution in [1.29, 1.82) is 0 Å². The number of hydrogen-bond acceptors (Lipinski definition) is 6. The van der Waals surface area contributed by atoms with Crippen molar-refractivity contribution in [2.24, 2.45) is 11.8 Å². The summed E-state index contributed by atoms with van der Waals surface area (Å²) in [6.07, 6.45) is 5.39. The number of fused-ring (bicyclic) bond motifs is 1. The van der Waals surface area contributed by atoms with Crippen LogP contribution >= 0.6 is 0 Å². The highest BCUT2D eigenvalue weighted by Crippen LogP contribution is 2.24. The molecule has 1 atom stereocenters. The summed E-state index contributed by atoms with van der Waals surface area (Å²) in [5.74, 6) is 2.74. The lowest BCUT2D eigenvalue weighted by Gasteiger charge is -2.32. The van der Waals surface area contributed by atoms with Gasteiger partial charge in [-0.05, 0) is 63.2 Å². The number of carbonyl (C=O) groups excluding carboxylic acids is 1. The lowest BCUT2D eigenvalue weighted by Crippen LogP contribution is -2.42. The van der Waals surface area contributed by atoms with Crippen molar-refractivity contribution in [3.8, 4) is 11.4 Å². The van der Waals surface area contributed by atoms with Gasteiger partial charge in [0.05, 0.1) is 0 Å². The maximum Gasteiger partial charge on any atom is 0.223 e. The lowest BCUT2D eigenvalue weighted by molar-refractivity contribution is -0.125. The Labute approximate surface area is 201 Å². The fourth-order valence-electron chi connectivity index (χ4n) is 5.23. The SMILES string of the molecule is C[C@@H]1CCCN(CCCNC(=O)C2CCN(c3ccc4nnc(-c5ccccc5)n4n3)CC2)C1. The summed E-state index contributed by atoms with van der Waals surface area (Å²) in [5.41, 5.74) is 1.72. The molecule has 0 radical (unpaired) electrons. The molecule has 0 bridgehead atoms. The molecule has 2 aliphatic heterocycles. The number of carbonyl (C=O) groups is 1. The molecule has 0 unspecified atom stereocenters. The van der Waals surface area contributed by atoms with Gasteiger partial charge in [-0.15, -0.1) is 15.3 Å². The van der Waals surface area contributed by atoms with Gasteiger partial charge in [-0.25, -0.2) is 0 Å². The molecule has 5 rings (SSSR count). The van der Waals surface area contributed by atoms with E-state index >= 15 is 0 Å². The Morgan fingerprint density at radius 3 is 2.65 bits per heavy atom. The smallest absolute Gasteiger partial charge is 0.223 e. The monoisotopic (exact) mass is 461 g/mol. The minimum Gasteiger partial charge on any atom is -0.356 e. The number of nitrogens with one attached hydrogen (secondary N) is 1. The van der Waals surface area contributed by atoms with E-state index in [1.54, 1.807) is 0 Å². The van der Waals surface area contributed by atoms with Crippen LogP contribution < -0.4 is 10.2 Å². The first-order chi connectivity index (χ1) is 16.7. The molecule has 1 N–H and O–H groups in total. The zero-order valence-electron chi connectivity index (χ0n) is 20.1. The van der Waals surface area contributed by atoms with E-state index in [9.17, 15) is 4.79 Å². The molecule has 1 aromatic carbocycles. The van der Waals surface area contributed by atoms with E-state index < -0.39 is 0 Å². The van der Waals surface area contributed by atoms with E-state index in [1.165, 1.54) is 25.9 Å². The second-order valence-electron chi connectivity index (χ2n) is 9.81. The molecule has 2 aromatic heterocycles. The van der Waals surface area contributed by atoms with Crippen LogP contribution in [0.2, 0.25) is 0 Å². The average molecular weight is 462 g/mol. The zero-order valence-corrected chi connectivity index (χ0v) is 20.1. The first-order valence-electron chi connectivity index (χ1n) is 12.7. The van der Waals surface area contributed by atoms with Gasteiger partial charge >= 0.3 is 0 Å². The van der Waals surface area contributed by atoms with Crippen molar-refractivity contribution in [2.75, 3.05) is 44.2 Å². The van der Waals surface area contributed by atoms with Crippen LogP contribution in [-0.4, -0.2) is 69.9 Å². The van der Waals surface area contributed by atoms with Gasteiger partial charge in [0, 0.05) is 37.7 Å². The van der Waals surface area contributed by atoms with Gasteiger partial charge in [0.15, 0.2) is 11.5 Å². The highest BCUT2D eigenvalue weighted by Gasteiger charge is 2.26. The molecule has 8 heteroatoms. The minimum absolute atomic E-state index is 0.0878. The highest BCUT2D eigenvalue weighted by atomic mass is 16.1. The predicted molar refractivity (Wildman–Crippen MR) is 134 cm³/mol. The van der Waals surface area contributed by atoms with E-state index in [0.29, 0.717) is 0 Å². The number of nitrogens with zero attached hydrogens (tertiary/aromatic N) is 6. The number of piperidine rings is 2. The van der Waals surface area contributed by atoms with E-state index in [0.717, 1.165) is 74.2 Å².